The molecule has 1 amide bonds. The van der Waals surface area contributed by atoms with E-state index in [-0.39, 0.29) is 12.5 Å². The van der Waals surface area contributed by atoms with Crippen LogP contribution >= 0.6 is 11.3 Å². The van der Waals surface area contributed by atoms with E-state index >= 15 is 0 Å². The van der Waals surface area contributed by atoms with Crippen LogP contribution in [0.5, 0.6) is 0 Å². The average Bonchev–Trinajstić information content (AvgIpc) is 3.15. The van der Waals surface area contributed by atoms with Gasteiger partial charge in [0, 0.05) is 18.5 Å². The molecule has 2 aromatic heterocycles. The summed E-state index contributed by atoms with van der Waals surface area (Å²) in [6, 6.07) is 3.67. The molecule has 0 aromatic carbocycles. The molecular formula is C15H16N2O4S. The molecule has 1 aliphatic rings. The third-order valence-corrected chi connectivity index (χ3v) is 4.59. The minimum Gasteiger partial charge on any atom is -0.481 e. The zero-order valence-corrected chi connectivity index (χ0v) is 12.9. The summed E-state index contributed by atoms with van der Waals surface area (Å²) >= 11 is 1.35. The van der Waals surface area contributed by atoms with E-state index in [0.29, 0.717) is 35.8 Å². The van der Waals surface area contributed by atoms with Crippen LogP contribution in [0, 0.1) is 12.8 Å². The molecule has 3 heterocycles. The predicted octanol–water partition coefficient (Wildman–Crippen LogP) is 2.65. The molecule has 6 nitrogen and oxygen atoms in total. The second kappa shape index (κ2) is 5.92. The summed E-state index contributed by atoms with van der Waals surface area (Å²) < 4.78 is 5.50. The Bertz CT molecular complexity index is 706. The first-order valence-corrected chi connectivity index (χ1v) is 7.97. The van der Waals surface area contributed by atoms with Crippen LogP contribution in [0.25, 0.3) is 10.8 Å². The molecule has 1 fully saturated rings. The normalized spacial score (nSPS) is 18.4. The first-order valence-electron chi connectivity index (χ1n) is 7.09. The number of aryl methyl sites for hydroxylation is 1. The predicted molar refractivity (Wildman–Crippen MR) is 80.8 cm³/mol. The summed E-state index contributed by atoms with van der Waals surface area (Å²) in [5.41, 5.74) is 0.347. The minimum absolute atomic E-state index is 0.211. The zero-order valence-electron chi connectivity index (χ0n) is 12.1. The van der Waals surface area contributed by atoms with Crippen LogP contribution in [0.15, 0.2) is 21.9 Å². The number of carbonyl (C=O) groups excluding carboxylic acids is 1. The Balaban J connectivity index is 1.75. The number of carbonyl (C=O) groups is 2. The van der Waals surface area contributed by atoms with Gasteiger partial charge in [-0.2, -0.15) is 0 Å². The molecule has 1 aliphatic heterocycles. The van der Waals surface area contributed by atoms with Crippen molar-refractivity contribution < 1.29 is 19.1 Å². The van der Waals surface area contributed by atoms with Gasteiger partial charge in [-0.05, 0) is 31.9 Å². The van der Waals surface area contributed by atoms with E-state index in [9.17, 15) is 9.59 Å². The number of hydrogen-bond acceptors (Lipinski definition) is 5. The number of carboxylic acid groups (broad SMARTS) is 1. The van der Waals surface area contributed by atoms with Crippen LogP contribution < -0.4 is 0 Å². The summed E-state index contributed by atoms with van der Waals surface area (Å²) in [6.07, 6.45) is 1.32. The van der Waals surface area contributed by atoms with Crippen molar-refractivity contribution in [2.45, 2.75) is 19.8 Å². The van der Waals surface area contributed by atoms with E-state index in [2.05, 4.69) is 4.98 Å². The SMILES string of the molecule is Cc1ccc(-c2nc(C(=O)N3CCC[C@H](C(=O)O)C3)cs2)o1. The number of nitrogens with zero attached hydrogens (tertiary/aromatic N) is 2. The number of thiazole rings is 1. The Hall–Kier alpha value is -2.15. The summed E-state index contributed by atoms with van der Waals surface area (Å²) in [5.74, 6) is -0.107. The fraction of sp³-hybridized carbons (Fsp3) is 0.400. The highest BCUT2D eigenvalue weighted by Gasteiger charge is 2.29. The van der Waals surface area contributed by atoms with Crippen LogP contribution in [0.3, 0.4) is 0 Å². The van der Waals surface area contributed by atoms with Crippen LogP contribution in [-0.4, -0.2) is 40.0 Å². The average molecular weight is 320 g/mol. The summed E-state index contributed by atoms with van der Waals surface area (Å²) in [4.78, 5) is 29.5. The molecule has 1 atom stereocenters. The quantitative estimate of drug-likeness (QED) is 0.940. The van der Waals surface area contributed by atoms with Gasteiger partial charge in [0.15, 0.2) is 10.8 Å². The largest absolute Gasteiger partial charge is 0.481 e. The lowest BCUT2D eigenvalue weighted by Gasteiger charge is -2.30. The van der Waals surface area contributed by atoms with Gasteiger partial charge >= 0.3 is 5.97 Å². The number of piperidine rings is 1. The number of aliphatic carboxylic acids is 1. The van der Waals surface area contributed by atoms with Gasteiger partial charge < -0.3 is 14.4 Å². The molecule has 22 heavy (non-hydrogen) atoms. The first kappa shape index (κ1) is 14.8. The van der Waals surface area contributed by atoms with Crippen LogP contribution in [0.2, 0.25) is 0 Å². The van der Waals surface area contributed by atoms with Crippen LogP contribution in [0.1, 0.15) is 29.1 Å². The fourth-order valence-corrected chi connectivity index (χ4v) is 3.31. The number of hydrogen-bond donors (Lipinski definition) is 1. The lowest BCUT2D eigenvalue weighted by atomic mass is 9.98. The lowest BCUT2D eigenvalue weighted by molar-refractivity contribution is -0.143. The van der Waals surface area contributed by atoms with Crippen molar-refractivity contribution in [2.24, 2.45) is 5.92 Å². The second-order valence-electron chi connectivity index (χ2n) is 5.38. The smallest absolute Gasteiger partial charge is 0.308 e. The molecule has 0 spiro atoms. The minimum atomic E-state index is -0.845. The first-order chi connectivity index (χ1) is 10.5. The highest BCUT2D eigenvalue weighted by Crippen LogP contribution is 2.27. The molecule has 1 saturated heterocycles. The van der Waals surface area contributed by atoms with Gasteiger partial charge in [0.2, 0.25) is 0 Å². The molecule has 0 saturated carbocycles. The Labute approximate surface area is 131 Å². The van der Waals surface area contributed by atoms with E-state index in [4.69, 9.17) is 9.52 Å². The highest BCUT2D eigenvalue weighted by molar-refractivity contribution is 7.13. The molecule has 0 radical (unpaired) electrons. The third kappa shape index (κ3) is 2.89. The number of furan rings is 1. The number of likely N-dealkylation sites (tertiary alicyclic amines) is 1. The molecule has 116 valence electrons. The van der Waals surface area contributed by atoms with Crippen molar-refractivity contribution in [2.75, 3.05) is 13.1 Å². The van der Waals surface area contributed by atoms with Gasteiger partial charge in [0.05, 0.1) is 5.92 Å². The number of rotatable bonds is 3. The van der Waals surface area contributed by atoms with Gasteiger partial charge in [-0.25, -0.2) is 4.98 Å². The summed E-state index contributed by atoms with van der Waals surface area (Å²) in [6.45, 7) is 2.68. The van der Waals surface area contributed by atoms with Crippen molar-refractivity contribution in [3.8, 4) is 10.8 Å². The lowest BCUT2D eigenvalue weighted by Crippen LogP contribution is -2.42. The molecular weight excluding hydrogens is 304 g/mol. The molecule has 0 aliphatic carbocycles. The maximum absolute atomic E-state index is 12.5. The second-order valence-corrected chi connectivity index (χ2v) is 6.23. The zero-order chi connectivity index (χ0) is 15.7. The molecule has 1 N–H and O–H groups in total. The maximum atomic E-state index is 12.5. The number of carboxylic acids is 1. The van der Waals surface area contributed by atoms with Gasteiger partial charge in [-0.1, -0.05) is 0 Å². The monoisotopic (exact) mass is 320 g/mol. The van der Waals surface area contributed by atoms with Gasteiger partial charge in [0.25, 0.3) is 5.91 Å². The molecule has 0 unspecified atom stereocenters. The third-order valence-electron chi connectivity index (χ3n) is 3.73. The Kier molecular flexibility index (Phi) is 3.98. The van der Waals surface area contributed by atoms with Gasteiger partial charge in [0.1, 0.15) is 11.5 Å². The van der Waals surface area contributed by atoms with Crippen molar-refractivity contribution >= 4 is 23.2 Å². The van der Waals surface area contributed by atoms with Gasteiger partial charge in [-0.3, -0.25) is 9.59 Å². The summed E-state index contributed by atoms with van der Waals surface area (Å²) in [7, 11) is 0. The fourth-order valence-electron chi connectivity index (χ4n) is 2.56. The topological polar surface area (TPSA) is 83.6 Å². The molecule has 2 aromatic rings. The Morgan fingerprint density at radius 2 is 2.27 bits per heavy atom. The van der Waals surface area contributed by atoms with E-state index in [1.807, 2.05) is 19.1 Å². The van der Waals surface area contributed by atoms with Crippen LogP contribution in [-0.2, 0) is 4.79 Å². The van der Waals surface area contributed by atoms with Crippen molar-refractivity contribution in [3.63, 3.8) is 0 Å². The van der Waals surface area contributed by atoms with Crippen molar-refractivity contribution in [1.82, 2.24) is 9.88 Å². The van der Waals surface area contributed by atoms with Gasteiger partial charge in [-0.15, -0.1) is 11.3 Å². The van der Waals surface area contributed by atoms with E-state index in [1.54, 1.807) is 10.3 Å². The Morgan fingerprint density at radius 3 is 2.95 bits per heavy atom. The maximum Gasteiger partial charge on any atom is 0.308 e. The number of amides is 1. The van der Waals surface area contributed by atoms with E-state index in [0.717, 1.165) is 5.76 Å². The molecule has 7 heteroatoms. The standard InChI is InChI=1S/C15H16N2O4S/c1-9-4-5-12(21-9)13-16-11(8-22-13)14(18)17-6-2-3-10(7-17)15(19)20/h4-5,8,10H,2-3,6-7H2,1H3,(H,19,20)/t10-/m0/s1. The van der Waals surface area contributed by atoms with Crippen LogP contribution in [0.4, 0.5) is 0 Å². The molecule has 0 bridgehead atoms. The van der Waals surface area contributed by atoms with E-state index < -0.39 is 11.9 Å². The van der Waals surface area contributed by atoms with E-state index in [1.165, 1.54) is 11.3 Å². The molecule has 3 rings (SSSR count). The number of aromatic nitrogens is 1. The Morgan fingerprint density at radius 1 is 1.45 bits per heavy atom. The van der Waals surface area contributed by atoms with Crippen molar-refractivity contribution in [1.29, 1.82) is 0 Å². The highest BCUT2D eigenvalue weighted by atomic mass is 32.1. The van der Waals surface area contributed by atoms with Crippen molar-refractivity contribution in [3.05, 3.63) is 29.0 Å². The summed E-state index contributed by atoms with van der Waals surface area (Å²) in [5, 5.41) is 11.4.